The summed E-state index contributed by atoms with van der Waals surface area (Å²) in [6.07, 6.45) is 5.17. The molecule has 154 valence electrons. The van der Waals surface area contributed by atoms with Gasteiger partial charge in [-0.05, 0) is 44.9 Å². The lowest BCUT2D eigenvalue weighted by molar-refractivity contribution is -0.141. The molecular formula is C20H23F3N6. The molecule has 0 amide bonds. The summed E-state index contributed by atoms with van der Waals surface area (Å²) >= 11 is 0. The summed E-state index contributed by atoms with van der Waals surface area (Å²) in [4.78, 5) is 21.0. The molecule has 0 aromatic carbocycles. The second-order valence-corrected chi connectivity index (χ2v) is 8.09. The van der Waals surface area contributed by atoms with Crippen LogP contribution in [0.2, 0.25) is 0 Å². The molecule has 0 radical (unpaired) electrons. The Morgan fingerprint density at radius 1 is 0.897 bits per heavy atom. The molecule has 2 aliphatic carbocycles. The van der Waals surface area contributed by atoms with Gasteiger partial charge in [-0.15, -0.1) is 0 Å². The van der Waals surface area contributed by atoms with Crippen LogP contribution in [-0.2, 0) is 19.0 Å². The molecule has 9 heteroatoms. The number of halogens is 3. The van der Waals surface area contributed by atoms with Crippen molar-refractivity contribution in [1.82, 2.24) is 19.9 Å². The Hall–Kier alpha value is -2.45. The number of rotatable bonds is 4. The smallest absolute Gasteiger partial charge is 0.356 e. The van der Waals surface area contributed by atoms with Gasteiger partial charge in [-0.2, -0.15) is 13.2 Å². The number of hydrogen-bond acceptors (Lipinski definition) is 6. The van der Waals surface area contributed by atoms with E-state index in [0.717, 1.165) is 81.9 Å². The predicted molar refractivity (Wildman–Crippen MR) is 102 cm³/mol. The molecule has 1 saturated carbocycles. The number of piperidine rings is 1. The Morgan fingerprint density at radius 3 is 2.34 bits per heavy atom. The first kappa shape index (κ1) is 18.6. The molecule has 29 heavy (non-hydrogen) atoms. The molecule has 3 aliphatic rings. The molecule has 0 unspecified atom stereocenters. The van der Waals surface area contributed by atoms with Crippen LogP contribution in [0.4, 0.5) is 24.8 Å². The molecule has 0 bridgehead atoms. The maximum absolute atomic E-state index is 13.1. The first-order chi connectivity index (χ1) is 14.0. The Morgan fingerprint density at radius 2 is 1.62 bits per heavy atom. The van der Waals surface area contributed by atoms with Crippen LogP contribution in [0.25, 0.3) is 0 Å². The predicted octanol–water partition coefficient (Wildman–Crippen LogP) is 3.41. The van der Waals surface area contributed by atoms with Crippen molar-refractivity contribution in [1.29, 1.82) is 0 Å². The third-order valence-corrected chi connectivity index (χ3v) is 6.16. The Labute approximate surface area is 167 Å². The Bertz CT molecular complexity index is 890. The van der Waals surface area contributed by atoms with Crippen molar-refractivity contribution in [3.05, 3.63) is 35.7 Å². The van der Waals surface area contributed by atoms with E-state index in [1.807, 2.05) is 0 Å². The van der Waals surface area contributed by atoms with Gasteiger partial charge in [0, 0.05) is 42.5 Å². The second-order valence-electron chi connectivity index (χ2n) is 8.09. The van der Waals surface area contributed by atoms with Crippen molar-refractivity contribution >= 4 is 11.6 Å². The number of anilines is 2. The summed E-state index contributed by atoms with van der Waals surface area (Å²) in [5.74, 6) is 1.45. The van der Waals surface area contributed by atoms with Crippen LogP contribution < -0.4 is 9.80 Å². The van der Waals surface area contributed by atoms with E-state index in [2.05, 4.69) is 29.7 Å². The first-order valence-corrected chi connectivity index (χ1v) is 10.3. The van der Waals surface area contributed by atoms with Crippen molar-refractivity contribution < 1.29 is 13.2 Å². The molecule has 2 fully saturated rings. The van der Waals surface area contributed by atoms with Gasteiger partial charge >= 0.3 is 6.18 Å². The zero-order valence-electron chi connectivity index (χ0n) is 16.1. The molecule has 2 aromatic heterocycles. The van der Waals surface area contributed by atoms with Crippen LogP contribution in [0.3, 0.4) is 0 Å². The number of fused-ring (bicyclic) bond motifs is 1. The summed E-state index contributed by atoms with van der Waals surface area (Å²) in [6, 6.07) is 1.57. The van der Waals surface area contributed by atoms with E-state index in [9.17, 15) is 13.2 Å². The lowest BCUT2D eigenvalue weighted by atomic mass is 10.0. The van der Waals surface area contributed by atoms with Gasteiger partial charge in [0.1, 0.15) is 30.0 Å². The molecule has 2 aromatic rings. The minimum Gasteiger partial charge on any atom is -0.356 e. The molecule has 0 N–H and O–H groups in total. The molecule has 5 rings (SSSR count). The van der Waals surface area contributed by atoms with E-state index in [1.54, 1.807) is 6.33 Å². The Balaban J connectivity index is 1.33. The number of aromatic nitrogens is 4. The highest BCUT2D eigenvalue weighted by atomic mass is 19.4. The van der Waals surface area contributed by atoms with Crippen LogP contribution in [0.15, 0.2) is 18.7 Å². The topological polar surface area (TPSA) is 58.0 Å². The SMILES string of the molecule is FC(F)(F)c1cc(N(C2CC2)C2CCN(c3ncnc4c3CCC4)CC2)ncn1. The van der Waals surface area contributed by atoms with Crippen molar-refractivity contribution in [3.8, 4) is 0 Å². The zero-order chi connectivity index (χ0) is 20.0. The van der Waals surface area contributed by atoms with Crippen LogP contribution in [-0.4, -0.2) is 45.1 Å². The average Bonchev–Trinajstić information content (AvgIpc) is 3.43. The van der Waals surface area contributed by atoms with Crippen LogP contribution in [0.5, 0.6) is 0 Å². The maximum Gasteiger partial charge on any atom is 0.433 e. The van der Waals surface area contributed by atoms with E-state index in [4.69, 9.17) is 0 Å². The second kappa shape index (κ2) is 7.11. The van der Waals surface area contributed by atoms with E-state index < -0.39 is 11.9 Å². The summed E-state index contributed by atoms with van der Waals surface area (Å²) in [6.45, 7) is 1.68. The minimum absolute atomic E-state index is 0.185. The molecule has 0 atom stereocenters. The van der Waals surface area contributed by atoms with Gasteiger partial charge in [-0.25, -0.2) is 19.9 Å². The highest BCUT2D eigenvalue weighted by molar-refractivity contribution is 5.51. The largest absolute Gasteiger partial charge is 0.433 e. The van der Waals surface area contributed by atoms with Crippen molar-refractivity contribution in [2.75, 3.05) is 22.9 Å². The highest BCUT2D eigenvalue weighted by Gasteiger charge is 2.39. The normalized spacial score (nSPS) is 20.0. The third-order valence-electron chi connectivity index (χ3n) is 6.16. The van der Waals surface area contributed by atoms with E-state index in [0.29, 0.717) is 5.82 Å². The minimum atomic E-state index is -4.45. The quantitative estimate of drug-likeness (QED) is 0.779. The number of hydrogen-bond donors (Lipinski definition) is 0. The van der Waals surface area contributed by atoms with Crippen molar-refractivity contribution in [2.24, 2.45) is 0 Å². The standard InChI is InChI=1S/C20H23F3N6/c21-20(22,23)17-10-18(26-12-25-17)29(13-4-5-13)14-6-8-28(9-7-14)19-15-2-1-3-16(15)24-11-27-19/h10-14H,1-9H2. The lowest BCUT2D eigenvalue weighted by Crippen LogP contribution is -2.47. The molecule has 1 saturated heterocycles. The molecule has 3 heterocycles. The summed E-state index contributed by atoms with van der Waals surface area (Å²) < 4.78 is 39.3. The molecule has 1 aliphatic heterocycles. The highest BCUT2D eigenvalue weighted by Crippen LogP contribution is 2.38. The van der Waals surface area contributed by atoms with Gasteiger partial charge in [0.05, 0.1) is 0 Å². The lowest BCUT2D eigenvalue weighted by Gasteiger charge is -2.40. The van der Waals surface area contributed by atoms with E-state index in [1.165, 1.54) is 5.56 Å². The zero-order valence-corrected chi connectivity index (χ0v) is 16.1. The molecule has 6 nitrogen and oxygen atoms in total. The van der Waals surface area contributed by atoms with Crippen molar-refractivity contribution in [2.45, 2.75) is 63.2 Å². The summed E-state index contributed by atoms with van der Waals surface area (Å²) in [5, 5.41) is 0. The number of aryl methyl sites for hydroxylation is 1. The monoisotopic (exact) mass is 404 g/mol. The van der Waals surface area contributed by atoms with Crippen LogP contribution in [0, 0.1) is 0 Å². The number of nitrogens with zero attached hydrogens (tertiary/aromatic N) is 6. The maximum atomic E-state index is 13.1. The van der Waals surface area contributed by atoms with Gasteiger partial charge in [0.15, 0.2) is 0 Å². The van der Waals surface area contributed by atoms with Gasteiger partial charge in [0.25, 0.3) is 0 Å². The fourth-order valence-electron chi connectivity index (χ4n) is 4.64. The first-order valence-electron chi connectivity index (χ1n) is 10.3. The van der Waals surface area contributed by atoms with E-state index in [-0.39, 0.29) is 12.1 Å². The summed E-state index contributed by atoms with van der Waals surface area (Å²) in [5.41, 5.74) is 1.56. The summed E-state index contributed by atoms with van der Waals surface area (Å²) in [7, 11) is 0. The number of alkyl halides is 3. The third kappa shape index (κ3) is 3.62. The average molecular weight is 404 g/mol. The fraction of sp³-hybridized carbons (Fsp3) is 0.600. The molecule has 0 spiro atoms. The molecular weight excluding hydrogens is 381 g/mol. The van der Waals surface area contributed by atoms with Crippen LogP contribution >= 0.6 is 0 Å². The van der Waals surface area contributed by atoms with E-state index >= 15 is 0 Å². The van der Waals surface area contributed by atoms with Crippen molar-refractivity contribution in [3.63, 3.8) is 0 Å². The van der Waals surface area contributed by atoms with Gasteiger partial charge in [-0.1, -0.05) is 0 Å². The Kier molecular flexibility index (Phi) is 4.55. The van der Waals surface area contributed by atoms with Crippen LogP contribution in [0.1, 0.15) is 49.1 Å². The fourth-order valence-corrected chi connectivity index (χ4v) is 4.64. The van der Waals surface area contributed by atoms with Gasteiger partial charge < -0.3 is 9.80 Å². The van der Waals surface area contributed by atoms with Gasteiger partial charge in [-0.3, -0.25) is 0 Å². The van der Waals surface area contributed by atoms with Gasteiger partial charge in [0.2, 0.25) is 0 Å².